The van der Waals surface area contributed by atoms with E-state index in [2.05, 4.69) is 12.6 Å². The minimum absolute atomic E-state index is 0.351. The van der Waals surface area contributed by atoms with Crippen LogP contribution in [0.15, 0.2) is 24.3 Å². The van der Waals surface area contributed by atoms with Gasteiger partial charge in [-0.2, -0.15) is 12.6 Å². The minimum atomic E-state index is -1.01. The van der Waals surface area contributed by atoms with Gasteiger partial charge in [0, 0.05) is 4.86 Å². The first-order valence-corrected chi connectivity index (χ1v) is 4.96. The summed E-state index contributed by atoms with van der Waals surface area (Å²) >= 11 is 8.95. The lowest BCUT2D eigenvalue weighted by Crippen LogP contribution is -2.23. The minimum Gasteiger partial charge on any atom is -0.480 e. The molecule has 1 atom stereocenters. The molecule has 0 radical (unpaired) electrons. The number of hydrogen-bond acceptors (Lipinski definition) is 3. The summed E-state index contributed by atoms with van der Waals surface area (Å²) in [6, 6.07) is 7.43. The summed E-state index contributed by atoms with van der Waals surface area (Å²) in [6.45, 7) is 1.93. The Kier molecular flexibility index (Phi) is 3.66. The summed E-state index contributed by atoms with van der Waals surface area (Å²) in [5, 5.41) is 7.81. The fourth-order valence-corrected chi connectivity index (χ4v) is 1.45. The summed E-state index contributed by atoms with van der Waals surface area (Å²) < 4.78 is 0. The highest BCUT2D eigenvalue weighted by Crippen LogP contribution is 2.11. The van der Waals surface area contributed by atoms with Crippen LogP contribution in [0.1, 0.15) is 11.1 Å². The first-order valence-electron chi connectivity index (χ1n) is 4.04. The molecule has 0 amide bonds. The fourth-order valence-electron chi connectivity index (χ4n) is 1.07. The smallest absolute Gasteiger partial charge is 0.321 e. The van der Waals surface area contributed by atoms with E-state index >= 15 is 0 Å². The normalized spacial score (nSPS) is 12.1. The third-order valence-corrected chi connectivity index (χ3v) is 2.91. The van der Waals surface area contributed by atoms with Crippen LogP contribution in [0.5, 0.6) is 0 Å². The molecular weight excluding hydrogens is 216 g/mol. The molecule has 1 aromatic rings. The standard InChI is InChI=1S/C10H10O2S2/c1-6-3-2-4-7(5-6)8(13)9(14)10(11)12/h2-5,9,14H,1H3,(H,11,12). The number of carboxylic acids is 1. The number of carboxylic acid groups (broad SMARTS) is 1. The van der Waals surface area contributed by atoms with Gasteiger partial charge >= 0.3 is 5.97 Å². The number of benzene rings is 1. The van der Waals surface area contributed by atoms with E-state index in [0.29, 0.717) is 4.86 Å². The number of aliphatic carboxylic acids is 1. The number of thiocarbonyl (C=S) groups is 1. The molecule has 1 rings (SSSR count). The van der Waals surface area contributed by atoms with Gasteiger partial charge in [0.2, 0.25) is 0 Å². The molecule has 2 nitrogen and oxygen atoms in total. The van der Waals surface area contributed by atoms with E-state index in [9.17, 15) is 4.79 Å². The van der Waals surface area contributed by atoms with Crippen molar-refractivity contribution in [2.75, 3.05) is 0 Å². The molecule has 1 N–H and O–H groups in total. The third-order valence-electron chi connectivity index (χ3n) is 1.78. The maximum Gasteiger partial charge on any atom is 0.321 e. The molecule has 0 aromatic heterocycles. The lowest BCUT2D eigenvalue weighted by Gasteiger charge is -2.08. The van der Waals surface area contributed by atoms with Crippen molar-refractivity contribution in [2.24, 2.45) is 0 Å². The van der Waals surface area contributed by atoms with Crippen LogP contribution in [-0.4, -0.2) is 21.2 Å². The number of thiol groups is 1. The third kappa shape index (κ3) is 2.56. The van der Waals surface area contributed by atoms with Crippen LogP contribution in [-0.2, 0) is 4.79 Å². The molecule has 74 valence electrons. The quantitative estimate of drug-likeness (QED) is 0.471. The van der Waals surface area contributed by atoms with Gasteiger partial charge < -0.3 is 5.11 Å². The van der Waals surface area contributed by atoms with Crippen LogP contribution in [0, 0.1) is 6.92 Å². The second-order valence-electron chi connectivity index (χ2n) is 2.97. The second kappa shape index (κ2) is 4.57. The Morgan fingerprint density at radius 2 is 2.21 bits per heavy atom. The molecule has 4 heteroatoms. The molecule has 14 heavy (non-hydrogen) atoms. The Hall–Kier alpha value is -0.870. The monoisotopic (exact) mass is 226 g/mol. The van der Waals surface area contributed by atoms with Crippen molar-refractivity contribution in [3.63, 3.8) is 0 Å². The summed E-state index contributed by atoms with van der Waals surface area (Å²) in [6.07, 6.45) is 0. The Morgan fingerprint density at radius 1 is 1.57 bits per heavy atom. The summed E-state index contributed by atoms with van der Waals surface area (Å²) in [5.74, 6) is -1.01. The van der Waals surface area contributed by atoms with Crippen LogP contribution in [0.3, 0.4) is 0 Å². The maximum atomic E-state index is 10.6. The lowest BCUT2D eigenvalue weighted by atomic mass is 10.1. The van der Waals surface area contributed by atoms with Gasteiger partial charge in [-0.3, -0.25) is 4.79 Å². The SMILES string of the molecule is Cc1cccc(C(=S)C(S)C(=O)O)c1. The Morgan fingerprint density at radius 3 is 2.71 bits per heavy atom. The molecule has 0 bridgehead atoms. The largest absolute Gasteiger partial charge is 0.480 e. The van der Waals surface area contributed by atoms with Crippen LogP contribution < -0.4 is 0 Å². The van der Waals surface area contributed by atoms with Gasteiger partial charge in [0.25, 0.3) is 0 Å². The molecule has 0 saturated heterocycles. The highest BCUT2D eigenvalue weighted by atomic mass is 32.1. The number of hydrogen-bond donors (Lipinski definition) is 2. The highest BCUT2D eigenvalue weighted by Gasteiger charge is 2.18. The summed E-state index contributed by atoms with van der Waals surface area (Å²) in [5.41, 5.74) is 1.80. The van der Waals surface area contributed by atoms with Crippen LogP contribution in [0.25, 0.3) is 0 Å². The van der Waals surface area contributed by atoms with Crippen LogP contribution in [0.4, 0.5) is 0 Å². The maximum absolute atomic E-state index is 10.6. The van der Waals surface area contributed by atoms with Gasteiger partial charge in [0.15, 0.2) is 0 Å². The topological polar surface area (TPSA) is 37.3 Å². The van der Waals surface area contributed by atoms with Crippen molar-refractivity contribution < 1.29 is 9.90 Å². The first-order chi connectivity index (χ1) is 6.52. The lowest BCUT2D eigenvalue weighted by molar-refractivity contribution is -0.135. The molecule has 0 spiro atoms. The van der Waals surface area contributed by atoms with E-state index in [0.717, 1.165) is 11.1 Å². The van der Waals surface area contributed by atoms with Crippen molar-refractivity contribution in [1.29, 1.82) is 0 Å². The molecule has 1 unspecified atom stereocenters. The Balaban J connectivity index is 2.95. The fraction of sp³-hybridized carbons (Fsp3) is 0.200. The van der Waals surface area contributed by atoms with E-state index in [1.807, 2.05) is 25.1 Å². The Bertz CT molecular complexity index is 374. The predicted molar refractivity (Wildman–Crippen MR) is 63.3 cm³/mol. The van der Waals surface area contributed by atoms with Crippen molar-refractivity contribution in [3.8, 4) is 0 Å². The van der Waals surface area contributed by atoms with Gasteiger partial charge in [-0.15, -0.1) is 0 Å². The zero-order valence-corrected chi connectivity index (χ0v) is 9.31. The molecule has 1 aromatic carbocycles. The zero-order valence-electron chi connectivity index (χ0n) is 7.60. The summed E-state index contributed by atoms with van der Waals surface area (Å²) in [4.78, 5) is 11.0. The van der Waals surface area contributed by atoms with Crippen molar-refractivity contribution in [1.82, 2.24) is 0 Å². The molecule has 0 heterocycles. The number of aryl methyl sites for hydroxylation is 1. The second-order valence-corrected chi connectivity index (χ2v) is 3.93. The van der Waals surface area contributed by atoms with Crippen molar-refractivity contribution in [3.05, 3.63) is 35.4 Å². The number of carbonyl (C=O) groups is 1. The van der Waals surface area contributed by atoms with Gasteiger partial charge in [-0.05, 0) is 12.5 Å². The Labute approximate surface area is 93.4 Å². The summed E-state index contributed by atoms with van der Waals surface area (Å²) in [7, 11) is 0. The first kappa shape index (κ1) is 11.2. The average molecular weight is 226 g/mol. The van der Waals surface area contributed by atoms with Crippen LogP contribution >= 0.6 is 24.8 Å². The predicted octanol–water partition coefficient (Wildman–Crippen LogP) is 2.10. The average Bonchev–Trinajstić information content (AvgIpc) is 2.15. The van der Waals surface area contributed by atoms with E-state index < -0.39 is 11.2 Å². The van der Waals surface area contributed by atoms with Crippen LogP contribution in [0.2, 0.25) is 0 Å². The van der Waals surface area contributed by atoms with E-state index in [-0.39, 0.29) is 0 Å². The molecule has 0 aliphatic rings. The molecule has 0 aliphatic carbocycles. The van der Waals surface area contributed by atoms with E-state index in [4.69, 9.17) is 17.3 Å². The van der Waals surface area contributed by atoms with Crippen molar-refractivity contribution in [2.45, 2.75) is 12.2 Å². The van der Waals surface area contributed by atoms with E-state index in [1.54, 1.807) is 6.07 Å². The van der Waals surface area contributed by atoms with Crippen molar-refractivity contribution >= 4 is 35.7 Å². The molecular formula is C10H10O2S2. The van der Waals surface area contributed by atoms with Gasteiger partial charge in [-0.1, -0.05) is 42.0 Å². The van der Waals surface area contributed by atoms with Gasteiger partial charge in [0.05, 0.1) is 0 Å². The zero-order chi connectivity index (χ0) is 10.7. The van der Waals surface area contributed by atoms with Gasteiger partial charge in [-0.25, -0.2) is 0 Å². The highest BCUT2D eigenvalue weighted by molar-refractivity contribution is 7.87. The molecule has 0 aliphatic heterocycles. The van der Waals surface area contributed by atoms with Gasteiger partial charge in [0.1, 0.15) is 5.25 Å². The number of rotatable bonds is 3. The van der Waals surface area contributed by atoms with E-state index in [1.165, 1.54) is 0 Å². The molecule has 0 saturated carbocycles. The molecule has 0 fully saturated rings.